The molecule has 0 saturated carbocycles. The van der Waals surface area contributed by atoms with Crippen LogP contribution in [0.15, 0.2) is 42.5 Å². The molecule has 1 unspecified atom stereocenters. The van der Waals surface area contributed by atoms with Crippen LogP contribution < -0.4 is 15.0 Å². The highest BCUT2D eigenvalue weighted by Gasteiger charge is 2.24. The van der Waals surface area contributed by atoms with Crippen LogP contribution in [-0.4, -0.2) is 32.7 Å². The monoisotopic (exact) mass is 386 g/mol. The fourth-order valence-corrected chi connectivity index (χ4v) is 3.74. The predicted octanol–water partition coefficient (Wildman–Crippen LogP) is 4.23. The van der Waals surface area contributed by atoms with Crippen LogP contribution in [0.2, 0.25) is 5.02 Å². The van der Waals surface area contributed by atoms with Gasteiger partial charge in [0.25, 0.3) is 0 Å². The molecule has 144 valence electrons. The Morgan fingerprint density at radius 2 is 2.15 bits per heavy atom. The van der Waals surface area contributed by atoms with E-state index < -0.39 is 0 Å². The second-order valence-corrected chi connectivity index (χ2v) is 7.62. The molecule has 1 heterocycles. The quantitative estimate of drug-likeness (QED) is 0.774. The van der Waals surface area contributed by atoms with E-state index in [0.29, 0.717) is 12.3 Å². The summed E-state index contributed by atoms with van der Waals surface area (Å²) < 4.78 is 5.23. The van der Waals surface area contributed by atoms with Crippen molar-refractivity contribution in [1.29, 1.82) is 0 Å². The van der Waals surface area contributed by atoms with Crippen LogP contribution in [0.1, 0.15) is 24.0 Å². The van der Waals surface area contributed by atoms with Gasteiger partial charge in [-0.3, -0.25) is 4.79 Å². The molecule has 1 fully saturated rings. The van der Waals surface area contributed by atoms with Gasteiger partial charge in [-0.25, -0.2) is 0 Å². The molecule has 5 heteroatoms. The van der Waals surface area contributed by atoms with Gasteiger partial charge in [-0.2, -0.15) is 0 Å². The molecule has 1 aliphatic heterocycles. The third-order valence-corrected chi connectivity index (χ3v) is 5.40. The number of rotatable bonds is 7. The average Bonchev–Trinajstić information content (AvgIpc) is 3.15. The molecule has 4 nitrogen and oxygen atoms in total. The molecule has 2 aromatic carbocycles. The Morgan fingerprint density at radius 1 is 1.30 bits per heavy atom. The zero-order chi connectivity index (χ0) is 19.2. The molecule has 1 N–H and O–H groups in total. The number of aryl methyl sites for hydroxylation is 2. The van der Waals surface area contributed by atoms with Crippen molar-refractivity contribution in [3.05, 3.63) is 58.6 Å². The average molecular weight is 387 g/mol. The van der Waals surface area contributed by atoms with Gasteiger partial charge in [0.15, 0.2) is 0 Å². The molecule has 0 spiro atoms. The fourth-order valence-electron chi connectivity index (χ4n) is 3.57. The Hall–Kier alpha value is -2.20. The Bertz CT molecular complexity index is 794. The third kappa shape index (κ3) is 5.39. The number of ether oxygens (including phenoxy) is 1. The molecular weight excluding hydrogens is 360 g/mol. The van der Waals surface area contributed by atoms with Gasteiger partial charge >= 0.3 is 0 Å². The summed E-state index contributed by atoms with van der Waals surface area (Å²) in [6.45, 7) is 4.80. The molecule has 1 amide bonds. The largest absolute Gasteiger partial charge is 0.497 e. The summed E-state index contributed by atoms with van der Waals surface area (Å²) in [5, 5.41) is 3.87. The summed E-state index contributed by atoms with van der Waals surface area (Å²) in [7, 11) is 1.65. The minimum Gasteiger partial charge on any atom is -0.497 e. The normalized spacial score (nSPS) is 16.4. The molecule has 0 radical (unpaired) electrons. The number of benzene rings is 2. The topological polar surface area (TPSA) is 41.6 Å². The highest BCUT2D eigenvalue weighted by Crippen LogP contribution is 2.29. The first kappa shape index (κ1) is 19.6. The number of hydrogen-bond donors (Lipinski definition) is 1. The number of carbonyl (C=O) groups excluding carboxylic acids is 1. The van der Waals surface area contributed by atoms with Crippen molar-refractivity contribution >= 4 is 23.2 Å². The first-order chi connectivity index (χ1) is 13.0. The highest BCUT2D eigenvalue weighted by atomic mass is 35.5. The summed E-state index contributed by atoms with van der Waals surface area (Å²) >= 11 is 6.15. The number of hydrogen-bond acceptors (Lipinski definition) is 3. The number of amides is 1. The van der Waals surface area contributed by atoms with E-state index in [-0.39, 0.29) is 5.91 Å². The van der Waals surface area contributed by atoms with Crippen molar-refractivity contribution in [2.75, 3.05) is 31.6 Å². The predicted molar refractivity (Wildman–Crippen MR) is 111 cm³/mol. The fraction of sp³-hybridized carbons (Fsp3) is 0.409. The van der Waals surface area contributed by atoms with Gasteiger partial charge in [-0.15, -0.1) is 0 Å². The van der Waals surface area contributed by atoms with Crippen molar-refractivity contribution in [2.45, 2.75) is 26.2 Å². The maximum Gasteiger partial charge on any atom is 0.220 e. The lowest BCUT2D eigenvalue weighted by Gasteiger charge is -2.21. The van der Waals surface area contributed by atoms with E-state index in [2.05, 4.69) is 23.2 Å². The number of anilines is 1. The lowest BCUT2D eigenvalue weighted by molar-refractivity contribution is -0.121. The van der Waals surface area contributed by atoms with E-state index in [4.69, 9.17) is 16.3 Å². The summed E-state index contributed by atoms with van der Waals surface area (Å²) in [4.78, 5) is 14.6. The van der Waals surface area contributed by atoms with Crippen molar-refractivity contribution < 1.29 is 9.53 Å². The van der Waals surface area contributed by atoms with Gasteiger partial charge in [0.05, 0.1) is 7.11 Å². The van der Waals surface area contributed by atoms with Crippen LogP contribution in [-0.2, 0) is 11.2 Å². The van der Waals surface area contributed by atoms with E-state index in [9.17, 15) is 4.79 Å². The van der Waals surface area contributed by atoms with Crippen molar-refractivity contribution in [3.8, 4) is 5.75 Å². The number of nitrogens with zero attached hydrogens (tertiary/aromatic N) is 1. The van der Waals surface area contributed by atoms with Crippen molar-refractivity contribution in [1.82, 2.24) is 5.32 Å². The Morgan fingerprint density at radius 3 is 2.96 bits per heavy atom. The van der Waals surface area contributed by atoms with Crippen LogP contribution in [0.5, 0.6) is 5.75 Å². The maximum absolute atomic E-state index is 12.2. The van der Waals surface area contributed by atoms with Gasteiger partial charge in [0.2, 0.25) is 5.91 Å². The van der Waals surface area contributed by atoms with E-state index in [1.807, 2.05) is 36.4 Å². The molecular formula is C22H27ClN2O2. The molecule has 0 aliphatic carbocycles. The highest BCUT2D eigenvalue weighted by molar-refractivity contribution is 6.30. The minimum atomic E-state index is 0.107. The summed E-state index contributed by atoms with van der Waals surface area (Å²) in [6.07, 6.45) is 2.31. The van der Waals surface area contributed by atoms with E-state index in [1.165, 1.54) is 11.3 Å². The number of halogens is 1. The molecule has 2 aromatic rings. The zero-order valence-corrected chi connectivity index (χ0v) is 16.8. The molecule has 3 rings (SSSR count). The molecule has 0 aromatic heterocycles. The molecule has 1 atom stereocenters. The van der Waals surface area contributed by atoms with E-state index >= 15 is 0 Å². The number of methoxy groups -OCH3 is 1. The van der Waals surface area contributed by atoms with Gasteiger partial charge in [0, 0.05) is 36.8 Å². The second kappa shape index (κ2) is 9.14. The number of nitrogens with one attached hydrogen (secondary N) is 1. The molecule has 27 heavy (non-hydrogen) atoms. The minimum absolute atomic E-state index is 0.107. The zero-order valence-electron chi connectivity index (χ0n) is 16.0. The molecule has 0 bridgehead atoms. The van der Waals surface area contributed by atoms with Crippen LogP contribution in [0.25, 0.3) is 0 Å². The Kier molecular flexibility index (Phi) is 6.62. The first-order valence-electron chi connectivity index (χ1n) is 9.46. The van der Waals surface area contributed by atoms with Crippen molar-refractivity contribution in [2.24, 2.45) is 5.92 Å². The first-order valence-corrected chi connectivity index (χ1v) is 9.83. The smallest absolute Gasteiger partial charge is 0.220 e. The van der Waals surface area contributed by atoms with Gasteiger partial charge in [0.1, 0.15) is 5.75 Å². The van der Waals surface area contributed by atoms with E-state index in [0.717, 1.165) is 48.8 Å². The van der Waals surface area contributed by atoms with Crippen LogP contribution in [0.3, 0.4) is 0 Å². The second-order valence-electron chi connectivity index (χ2n) is 7.19. The molecule has 1 saturated heterocycles. The summed E-state index contributed by atoms with van der Waals surface area (Å²) in [6, 6.07) is 13.9. The lowest BCUT2D eigenvalue weighted by Crippen LogP contribution is -2.31. The van der Waals surface area contributed by atoms with Gasteiger partial charge in [-0.1, -0.05) is 29.8 Å². The van der Waals surface area contributed by atoms with Crippen LogP contribution in [0.4, 0.5) is 5.69 Å². The molecule has 1 aliphatic rings. The van der Waals surface area contributed by atoms with Crippen LogP contribution in [0, 0.1) is 12.8 Å². The number of carbonyl (C=O) groups is 1. The third-order valence-electron chi connectivity index (χ3n) is 5.16. The Balaban J connectivity index is 1.44. The van der Waals surface area contributed by atoms with Gasteiger partial charge < -0.3 is 15.0 Å². The van der Waals surface area contributed by atoms with Crippen molar-refractivity contribution in [3.63, 3.8) is 0 Å². The van der Waals surface area contributed by atoms with Crippen LogP contribution >= 0.6 is 11.6 Å². The SMILES string of the molecule is COc1cccc(CCC(=O)NCC2CCN(c3cc(Cl)ccc3C)C2)c1. The Labute approximate surface area is 166 Å². The standard InChI is InChI=1S/C22H27ClN2O2/c1-16-6-8-19(23)13-21(16)25-11-10-18(15-25)14-24-22(26)9-7-17-4-3-5-20(12-17)27-2/h3-6,8,12-13,18H,7,9-11,14-15H2,1-2H3,(H,24,26). The van der Waals surface area contributed by atoms with E-state index in [1.54, 1.807) is 7.11 Å². The summed E-state index contributed by atoms with van der Waals surface area (Å²) in [5.74, 6) is 1.41. The summed E-state index contributed by atoms with van der Waals surface area (Å²) in [5.41, 5.74) is 3.56. The maximum atomic E-state index is 12.2. The lowest BCUT2D eigenvalue weighted by atomic mass is 10.1. The van der Waals surface area contributed by atoms with Gasteiger partial charge in [-0.05, 0) is 61.1 Å².